The summed E-state index contributed by atoms with van der Waals surface area (Å²) in [7, 11) is 0. The number of hydrogen-bond donors (Lipinski definition) is 1. The molecule has 0 spiro atoms. The molecule has 0 aliphatic rings. The van der Waals surface area contributed by atoms with Crippen LogP contribution in [-0.2, 0) is 11.3 Å². The highest BCUT2D eigenvalue weighted by Gasteiger charge is 2.16. The molecular weight excluding hydrogens is 370 g/mol. The van der Waals surface area contributed by atoms with E-state index in [1.807, 2.05) is 35.7 Å². The van der Waals surface area contributed by atoms with E-state index in [-0.39, 0.29) is 12.5 Å². The smallest absolute Gasteiger partial charge is 0.323 e. The molecule has 0 aliphatic heterocycles. The van der Waals surface area contributed by atoms with Crippen molar-refractivity contribution in [2.24, 2.45) is 0 Å². The summed E-state index contributed by atoms with van der Waals surface area (Å²) in [5.74, 6) is -0.650. The number of nitrogens with one attached hydrogen (secondary N) is 1. The Bertz CT molecular complexity index is 854. The molecule has 1 amide bonds. The van der Waals surface area contributed by atoms with Gasteiger partial charge in [0.15, 0.2) is 5.82 Å². The minimum atomic E-state index is -0.661. The second-order valence-corrected chi connectivity index (χ2v) is 6.17. The molecule has 8 heteroatoms. The van der Waals surface area contributed by atoms with E-state index >= 15 is 0 Å². The number of rotatable bonds is 4. The summed E-state index contributed by atoms with van der Waals surface area (Å²) in [6, 6.07) is 10.9. The number of amides is 1. The van der Waals surface area contributed by atoms with Gasteiger partial charge in [0.05, 0.1) is 10.6 Å². The van der Waals surface area contributed by atoms with E-state index < -0.39 is 5.76 Å². The maximum Gasteiger partial charge on any atom is 0.442 e. The highest BCUT2D eigenvalue weighted by atomic mass is 79.9. The summed E-state index contributed by atoms with van der Waals surface area (Å²) in [5.41, 5.74) is 0.634. The van der Waals surface area contributed by atoms with Gasteiger partial charge in [0.2, 0.25) is 5.91 Å². The third-order valence-electron chi connectivity index (χ3n) is 2.88. The van der Waals surface area contributed by atoms with Crippen molar-refractivity contribution in [1.29, 1.82) is 0 Å². The van der Waals surface area contributed by atoms with Crippen LogP contribution in [0.1, 0.15) is 0 Å². The molecule has 0 bridgehead atoms. The van der Waals surface area contributed by atoms with E-state index in [9.17, 15) is 9.59 Å². The fourth-order valence-corrected chi connectivity index (χ4v) is 2.98. The Balaban J connectivity index is 1.82. The largest absolute Gasteiger partial charge is 0.442 e. The van der Waals surface area contributed by atoms with Crippen LogP contribution in [0, 0.1) is 0 Å². The number of para-hydroxylation sites is 1. The molecule has 0 saturated carbocycles. The summed E-state index contributed by atoms with van der Waals surface area (Å²) < 4.78 is 6.64. The van der Waals surface area contributed by atoms with E-state index in [1.54, 1.807) is 6.07 Å². The van der Waals surface area contributed by atoms with Gasteiger partial charge in [0.1, 0.15) is 6.54 Å². The van der Waals surface area contributed by atoms with Crippen LogP contribution in [0.4, 0.5) is 5.69 Å². The lowest BCUT2D eigenvalue weighted by Crippen LogP contribution is -2.25. The van der Waals surface area contributed by atoms with Crippen molar-refractivity contribution < 1.29 is 9.32 Å². The van der Waals surface area contributed by atoms with Crippen molar-refractivity contribution in [2.75, 3.05) is 5.32 Å². The molecule has 0 fully saturated rings. The van der Waals surface area contributed by atoms with Crippen LogP contribution in [-0.4, -0.2) is 15.6 Å². The van der Waals surface area contributed by atoms with Gasteiger partial charge in [0.25, 0.3) is 0 Å². The molecule has 0 radical (unpaired) electrons. The first-order valence-electron chi connectivity index (χ1n) is 6.30. The normalized spacial score (nSPS) is 10.6. The molecule has 0 atom stereocenters. The summed E-state index contributed by atoms with van der Waals surface area (Å²) in [6.07, 6.45) is 0. The molecule has 112 valence electrons. The van der Waals surface area contributed by atoms with Gasteiger partial charge in [-0.2, -0.15) is 0 Å². The van der Waals surface area contributed by atoms with Crippen LogP contribution >= 0.6 is 27.3 Å². The Morgan fingerprint density at radius 1 is 1.32 bits per heavy atom. The quantitative estimate of drug-likeness (QED) is 0.755. The fraction of sp³-hybridized carbons (Fsp3) is 0.0714. The zero-order valence-corrected chi connectivity index (χ0v) is 13.6. The maximum absolute atomic E-state index is 12.1. The van der Waals surface area contributed by atoms with Crippen LogP contribution in [0.2, 0.25) is 0 Å². The van der Waals surface area contributed by atoms with Gasteiger partial charge in [-0.15, -0.1) is 11.3 Å². The molecule has 3 rings (SSSR count). The minimum absolute atomic E-state index is 0.170. The maximum atomic E-state index is 12.1. The number of benzene rings is 1. The Morgan fingerprint density at radius 3 is 2.86 bits per heavy atom. The molecule has 0 aliphatic carbocycles. The van der Waals surface area contributed by atoms with Crippen molar-refractivity contribution in [2.45, 2.75) is 6.54 Å². The standard InChI is InChI=1S/C14H10BrN3O3S/c15-9-4-1-2-5-10(9)16-12(19)8-18-13(17-21-14(18)20)11-6-3-7-22-11/h1-7H,8H2,(H,16,19). The number of carbonyl (C=O) groups is 1. The second-order valence-electron chi connectivity index (χ2n) is 4.36. The van der Waals surface area contributed by atoms with E-state index in [2.05, 4.69) is 30.9 Å². The summed E-state index contributed by atoms with van der Waals surface area (Å²) in [5, 5.41) is 8.33. The highest BCUT2D eigenvalue weighted by molar-refractivity contribution is 9.10. The average molecular weight is 380 g/mol. The molecule has 0 saturated heterocycles. The van der Waals surface area contributed by atoms with Gasteiger partial charge in [-0.3, -0.25) is 9.32 Å². The molecule has 22 heavy (non-hydrogen) atoms. The third-order valence-corrected chi connectivity index (χ3v) is 4.43. The number of aromatic nitrogens is 2. The number of carbonyl (C=O) groups excluding carboxylic acids is 1. The lowest BCUT2D eigenvalue weighted by molar-refractivity contribution is -0.116. The first-order valence-corrected chi connectivity index (χ1v) is 7.97. The minimum Gasteiger partial charge on any atom is -0.323 e. The van der Waals surface area contributed by atoms with Crippen molar-refractivity contribution in [3.05, 3.63) is 56.8 Å². The molecule has 3 aromatic rings. The number of hydrogen-bond acceptors (Lipinski definition) is 5. The number of thiophene rings is 1. The van der Waals surface area contributed by atoms with Crippen LogP contribution < -0.4 is 11.1 Å². The van der Waals surface area contributed by atoms with Crippen molar-refractivity contribution in [1.82, 2.24) is 9.72 Å². The van der Waals surface area contributed by atoms with Crippen molar-refractivity contribution in [3.8, 4) is 10.7 Å². The molecule has 0 unspecified atom stereocenters. The highest BCUT2D eigenvalue weighted by Crippen LogP contribution is 2.23. The zero-order valence-electron chi connectivity index (χ0n) is 11.2. The first kappa shape index (κ1) is 14.7. The monoisotopic (exact) mass is 379 g/mol. The van der Waals surface area contributed by atoms with Gasteiger partial charge in [-0.1, -0.05) is 23.4 Å². The van der Waals surface area contributed by atoms with Crippen LogP contribution in [0.3, 0.4) is 0 Å². The van der Waals surface area contributed by atoms with Gasteiger partial charge in [0, 0.05) is 4.47 Å². The number of nitrogens with zero attached hydrogens (tertiary/aromatic N) is 2. The lowest BCUT2D eigenvalue weighted by Gasteiger charge is -2.07. The zero-order chi connectivity index (χ0) is 15.5. The molecular formula is C14H10BrN3O3S. The van der Waals surface area contributed by atoms with E-state index in [4.69, 9.17) is 0 Å². The average Bonchev–Trinajstić information content (AvgIpc) is 3.12. The molecule has 6 nitrogen and oxygen atoms in total. The fourth-order valence-electron chi connectivity index (χ4n) is 1.89. The molecule has 1 aromatic carbocycles. The van der Waals surface area contributed by atoms with E-state index in [0.29, 0.717) is 11.5 Å². The molecule has 1 N–H and O–H groups in total. The van der Waals surface area contributed by atoms with Gasteiger partial charge in [-0.05, 0) is 39.5 Å². The topological polar surface area (TPSA) is 77.1 Å². The van der Waals surface area contributed by atoms with Gasteiger partial charge < -0.3 is 5.32 Å². The van der Waals surface area contributed by atoms with Crippen molar-refractivity contribution in [3.63, 3.8) is 0 Å². The molecule has 2 heterocycles. The van der Waals surface area contributed by atoms with E-state index in [1.165, 1.54) is 15.9 Å². The summed E-state index contributed by atoms with van der Waals surface area (Å²) in [6.45, 7) is -0.170. The van der Waals surface area contributed by atoms with Gasteiger partial charge >= 0.3 is 5.76 Å². The predicted molar refractivity (Wildman–Crippen MR) is 86.8 cm³/mol. The van der Waals surface area contributed by atoms with Gasteiger partial charge in [-0.25, -0.2) is 9.36 Å². The van der Waals surface area contributed by atoms with Crippen molar-refractivity contribution >= 4 is 38.9 Å². The van der Waals surface area contributed by atoms with Crippen LogP contribution in [0.15, 0.2) is 55.6 Å². The summed E-state index contributed by atoms with van der Waals surface area (Å²) in [4.78, 5) is 24.7. The SMILES string of the molecule is O=C(Cn1c(-c2cccs2)noc1=O)Nc1ccccc1Br. The van der Waals surface area contributed by atoms with Crippen LogP contribution in [0.5, 0.6) is 0 Å². The Labute approximate surface area is 137 Å². The van der Waals surface area contributed by atoms with Crippen LogP contribution in [0.25, 0.3) is 10.7 Å². The lowest BCUT2D eigenvalue weighted by atomic mass is 10.3. The number of anilines is 1. The Morgan fingerprint density at radius 2 is 2.14 bits per heavy atom. The first-order chi connectivity index (χ1) is 10.6. The molecule has 2 aromatic heterocycles. The Kier molecular flexibility index (Phi) is 4.21. The number of halogens is 1. The Hall–Kier alpha value is -2.19. The summed E-state index contributed by atoms with van der Waals surface area (Å²) >= 11 is 4.77. The van der Waals surface area contributed by atoms with E-state index in [0.717, 1.165) is 9.35 Å². The third kappa shape index (κ3) is 3.02. The second kappa shape index (κ2) is 6.29. The predicted octanol–water partition coefficient (Wildman–Crippen LogP) is 2.97.